The number of nitriles is 1. The molecule has 14 heavy (non-hydrogen) atoms. The molecule has 0 amide bonds. The lowest BCUT2D eigenvalue weighted by atomic mass is 10.2. The molecule has 0 saturated carbocycles. The van der Waals surface area contributed by atoms with Gasteiger partial charge < -0.3 is 9.47 Å². The average molecular weight is 192 g/mol. The molecule has 1 heterocycles. The summed E-state index contributed by atoms with van der Waals surface area (Å²) in [5.74, 6) is -0.359. The third-order valence-electron chi connectivity index (χ3n) is 1.58. The topological polar surface area (TPSA) is 72.2 Å². The van der Waals surface area contributed by atoms with Crippen molar-refractivity contribution in [3.8, 4) is 11.8 Å². The van der Waals surface area contributed by atoms with E-state index >= 15 is 0 Å². The normalized spacial score (nSPS) is 8.93. The maximum Gasteiger partial charge on any atom is 0.360 e. The van der Waals surface area contributed by atoms with Gasteiger partial charge in [0.15, 0.2) is 11.4 Å². The zero-order valence-electron chi connectivity index (χ0n) is 7.77. The number of pyridine rings is 1. The number of hydrogen-bond acceptors (Lipinski definition) is 5. The van der Waals surface area contributed by atoms with Crippen LogP contribution in [0.4, 0.5) is 0 Å². The molecule has 0 unspecified atom stereocenters. The lowest BCUT2D eigenvalue weighted by Gasteiger charge is -2.04. The van der Waals surface area contributed by atoms with Crippen LogP contribution in [0, 0.1) is 11.3 Å². The summed E-state index contributed by atoms with van der Waals surface area (Å²) in [6.45, 7) is 0. The minimum Gasteiger partial charge on any atom is -0.494 e. The minimum absolute atomic E-state index is 0.0639. The van der Waals surface area contributed by atoms with Crippen molar-refractivity contribution >= 4 is 5.97 Å². The average Bonchev–Trinajstić information content (AvgIpc) is 2.27. The molecule has 5 heteroatoms. The first-order valence-corrected chi connectivity index (χ1v) is 3.75. The van der Waals surface area contributed by atoms with Crippen LogP contribution in [-0.2, 0) is 4.74 Å². The van der Waals surface area contributed by atoms with Gasteiger partial charge in [-0.3, -0.25) is 0 Å². The third-order valence-corrected chi connectivity index (χ3v) is 1.58. The van der Waals surface area contributed by atoms with Gasteiger partial charge in [0.2, 0.25) is 0 Å². The van der Waals surface area contributed by atoms with Gasteiger partial charge in [-0.1, -0.05) is 0 Å². The highest BCUT2D eigenvalue weighted by Gasteiger charge is 2.14. The van der Waals surface area contributed by atoms with Gasteiger partial charge in [-0.05, 0) is 0 Å². The van der Waals surface area contributed by atoms with Crippen molar-refractivity contribution in [2.75, 3.05) is 14.2 Å². The summed E-state index contributed by atoms with van der Waals surface area (Å²) in [6.07, 6.45) is 1.29. The molecule has 0 saturated heterocycles. The lowest BCUT2D eigenvalue weighted by Crippen LogP contribution is -2.07. The molecule has 1 aromatic rings. The third kappa shape index (κ3) is 1.80. The van der Waals surface area contributed by atoms with E-state index in [1.807, 2.05) is 6.07 Å². The molecule has 5 nitrogen and oxygen atoms in total. The number of rotatable bonds is 2. The number of methoxy groups -OCH3 is 2. The van der Waals surface area contributed by atoms with Gasteiger partial charge in [0, 0.05) is 12.3 Å². The van der Waals surface area contributed by atoms with Crippen LogP contribution in [0.1, 0.15) is 16.1 Å². The molecule has 0 spiro atoms. The molecule has 1 aromatic heterocycles. The fraction of sp³-hybridized carbons (Fsp3) is 0.222. The van der Waals surface area contributed by atoms with Crippen LogP contribution in [0.15, 0.2) is 12.3 Å². The number of hydrogen-bond donors (Lipinski definition) is 0. The summed E-state index contributed by atoms with van der Waals surface area (Å²) < 4.78 is 9.38. The molecule has 0 fully saturated rings. The smallest absolute Gasteiger partial charge is 0.360 e. The van der Waals surface area contributed by atoms with Crippen molar-refractivity contribution in [2.24, 2.45) is 0 Å². The van der Waals surface area contributed by atoms with Gasteiger partial charge in [-0.25, -0.2) is 9.78 Å². The second-order valence-electron chi connectivity index (χ2n) is 2.38. The van der Waals surface area contributed by atoms with Gasteiger partial charge in [0.05, 0.1) is 19.8 Å². The number of carbonyl (C=O) groups excluding carboxylic acids is 1. The molecule has 0 radical (unpaired) electrons. The first-order valence-electron chi connectivity index (χ1n) is 3.75. The highest BCUT2D eigenvalue weighted by atomic mass is 16.5. The van der Waals surface area contributed by atoms with Crippen molar-refractivity contribution in [3.63, 3.8) is 0 Å². The summed E-state index contributed by atoms with van der Waals surface area (Å²) >= 11 is 0. The molecule has 0 atom stereocenters. The second kappa shape index (κ2) is 4.23. The number of ether oxygens (including phenoxy) is 2. The van der Waals surface area contributed by atoms with Gasteiger partial charge in [-0.15, -0.1) is 0 Å². The monoisotopic (exact) mass is 192 g/mol. The highest BCUT2D eigenvalue weighted by Crippen LogP contribution is 2.17. The van der Waals surface area contributed by atoms with Crippen molar-refractivity contribution < 1.29 is 14.3 Å². The van der Waals surface area contributed by atoms with Crippen LogP contribution in [-0.4, -0.2) is 25.2 Å². The van der Waals surface area contributed by atoms with Crippen LogP contribution >= 0.6 is 0 Å². The Morgan fingerprint density at radius 3 is 2.79 bits per heavy atom. The molecular formula is C9H8N2O3. The first-order chi connectivity index (χ1) is 6.72. The highest BCUT2D eigenvalue weighted by molar-refractivity contribution is 5.90. The second-order valence-corrected chi connectivity index (χ2v) is 2.38. The Labute approximate surface area is 80.9 Å². The molecule has 0 aromatic carbocycles. The molecule has 0 aliphatic carbocycles. The zero-order valence-corrected chi connectivity index (χ0v) is 7.77. The van der Waals surface area contributed by atoms with Crippen LogP contribution in [0.25, 0.3) is 0 Å². The van der Waals surface area contributed by atoms with Gasteiger partial charge in [0.1, 0.15) is 6.07 Å². The molecule has 72 valence electrons. The van der Waals surface area contributed by atoms with Gasteiger partial charge in [0.25, 0.3) is 0 Å². The van der Waals surface area contributed by atoms with E-state index in [0.29, 0.717) is 5.56 Å². The zero-order chi connectivity index (χ0) is 10.6. The minimum atomic E-state index is -0.591. The van der Waals surface area contributed by atoms with Crippen molar-refractivity contribution in [2.45, 2.75) is 0 Å². The van der Waals surface area contributed by atoms with Gasteiger partial charge >= 0.3 is 5.97 Å². The van der Waals surface area contributed by atoms with E-state index < -0.39 is 5.97 Å². The Hall–Kier alpha value is -2.09. The van der Waals surface area contributed by atoms with Crippen LogP contribution < -0.4 is 4.74 Å². The summed E-state index contributed by atoms with van der Waals surface area (Å²) in [5, 5.41) is 8.58. The SMILES string of the molecule is COC(=O)c1ncc(C#N)cc1OC. The number of carbonyl (C=O) groups is 1. The van der Waals surface area contributed by atoms with E-state index in [1.54, 1.807) is 0 Å². The van der Waals surface area contributed by atoms with Crippen LogP contribution in [0.2, 0.25) is 0 Å². The van der Waals surface area contributed by atoms with E-state index in [0.717, 1.165) is 0 Å². The molecule has 0 N–H and O–H groups in total. The van der Waals surface area contributed by atoms with Crippen LogP contribution in [0.3, 0.4) is 0 Å². The van der Waals surface area contributed by atoms with Crippen molar-refractivity contribution in [1.29, 1.82) is 5.26 Å². The molecule has 1 rings (SSSR count). The maximum atomic E-state index is 11.1. The summed E-state index contributed by atoms with van der Waals surface area (Å²) in [5.41, 5.74) is 0.392. The van der Waals surface area contributed by atoms with E-state index in [1.165, 1.54) is 26.5 Å². The number of nitrogens with zero attached hydrogens (tertiary/aromatic N) is 2. The van der Waals surface area contributed by atoms with E-state index in [-0.39, 0.29) is 11.4 Å². The van der Waals surface area contributed by atoms with Gasteiger partial charge in [-0.2, -0.15) is 5.26 Å². The Balaban J connectivity index is 3.19. The van der Waals surface area contributed by atoms with E-state index in [2.05, 4.69) is 9.72 Å². The standard InChI is InChI=1S/C9H8N2O3/c1-13-7-3-6(4-10)5-11-8(7)9(12)14-2/h3,5H,1-2H3. The fourth-order valence-corrected chi connectivity index (χ4v) is 0.911. The van der Waals surface area contributed by atoms with Crippen LogP contribution in [0.5, 0.6) is 5.75 Å². The van der Waals surface area contributed by atoms with E-state index in [4.69, 9.17) is 10.00 Å². The van der Waals surface area contributed by atoms with Crippen molar-refractivity contribution in [1.82, 2.24) is 4.98 Å². The molecule has 0 bridgehead atoms. The molecular weight excluding hydrogens is 184 g/mol. The lowest BCUT2D eigenvalue weighted by molar-refractivity contribution is 0.0590. The summed E-state index contributed by atoms with van der Waals surface area (Å²) in [4.78, 5) is 14.9. The van der Waals surface area contributed by atoms with Crippen molar-refractivity contribution in [3.05, 3.63) is 23.5 Å². The first kappa shape index (κ1) is 9.99. The predicted molar refractivity (Wildman–Crippen MR) is 46.8 cm³/mol. The quantitative estimate of drug-likeness (QED) is 0.646. The Bertz CT molecular complexity index is 396. The summed E-state index contributed by atoms with van der Waals surface area (Å²) in [6, 6.07) is 3.32. The molecule has 0 aliphatic rings. The summed E-state index contributed by atoms with van der Waals surface area (Å²) in [7, 11) is 2.65. The number of aromatic nitrogens is 1. The Morgan fingerprint density at radius 1 is 1.57 bits per heavy atom. The Kier molecular flexibility index (Phi) is 3.02. The number of esters is 1. The maximum absolute atomic E-state index is 11.1. The largest absolute Gasteiger partial charge is 0.494 e. The Morgan fingerprint density at radius 2 is 2.29 bits per heavy atom. The predicted octanol–water partition coefficient (Wildman–Crippen LogP) is 0.748. The van der Waals surface area contributed by atoms with E-state index in [9.17, 15) is 4.79 Å². The fourth-order valence-electron chi connectivity index (χ4n) is 0.911. The molecule has 0 aliphatic heterocycles.